The van der Waals surface area contributed by atoms with Gasteiger partial charge in [0.2, 0.25) is 5.91 Å². The molecule has 0 atom stereocenters. The number of aromatic nitrogens is 2. The van der Waals surface area contributed by atoms with Gasteiger partial charge < -0.3 is 15.6 Å². The highest BCUT2D eigenvalue weighted by molar-refractivity contribution is 6.05. The van der Waals surface area contributed by atoms with Gasteiger partial charge in [-0.1, -0.05) is 24.3 Å². The maximum Gasteiger partial charge on any atom is 0.416 e. The molecule has 0 aliphatic rings. The highest BCUT2D eigenvalue weighted by Crippen LogP contribution is 2.30. The van der Waals surface area contributed by atoms with E-state index in [-0.39, 0.29) is 22.3 Å². The van der Waals surface area contributed by atoms with Gasteiger partial charge >= 0.3 is 11.9 Å². The van der Waals surface area contributed by atoms with E-state index in [1.165, 1.54) is 42.5 Å². The highest BCUT2D eigenvalue weighted by Gasteiger charge is 2.30. The Labute approximate surface area is 195 Å². The third-order valence-corrected chi connectivity index (χ3v) is 5.05. The smallest absolute Gasteiger partial charge is 0.325 e. The summed E-state index contributed by atoms with van der Waals surface area (Å²) in [4.78, 5) is 52.4. The number of rotatable bonds is 5. The molecule has 2 amide bonds. The number of aromatic amines is 1. The second-order valence-corrected chi connectivity index (χ2v) is 7.53. The number of carbonyl (C=O) groups excluding carboxylic acids is 2. The zero-order chi connectivity index (χ0) is 25.2. The van der Waals surface area contributed by atoms with Gasteiger partial charge in [0.1, 0.15) is 6.54 Å². The molecule has 0 spiro atoms. The number of carbonyl (C=O) groups is 2. The molecule has 0 saturated heterocycles. The van der Waals surface area contributed by atoms with Gasteiger partial charge in [0, 0.05) is 16.9 Å². The van der Waals surface area contributed by atoms with Crippen molar-refractivity contribution in [2.24, 2.45) is 0 Å². The van der Waals surface area contributed by atoms with Crippen LogP contribution in [0.2, 0.25) is 0 Å². The summed E-state index contributed by atoms with van der Waals surface area (Å²) in [5.41, 5.74) is -1.73. The van der Waals surface area contributed by atoms with Gasteiger partial charge in [-0.15, -0.1) is 0 Å². The van der Waals surface area contributed by atoms with Gasteiger partial charge in [-0.25, -0.2) is 4.79 Å². The van der Waals surface area contributed by atoms with Gasteiger partial charge in [-0.3, -0.25) is 19.0 Å². The van der Waals surface area contributed by atoms with Gasteiger partial charge in [-0.05, 0) is 48.5 Å². The quantitative estimate of drug-likeness (QED) is 0.403. The third kappa shape index (κ3) is 5.29. The van der Waals surface area contributed by atoms with E-state index in [0.717, 1.165) is 16.7 Å². The predicted octanol–water partition coefficient (Wildman–Crippen LogP) is 3.60. The number of amides is 2. The Morgan fingerprint density at radius 2 is 1.54 bits per heavy atom. The van der Waals surface area contributed by atoms with Crippen LogP contribution in [0.5, 0.6) is 0 Å². The molecule has 4 aromatic rings. The second-order valence-electron chi connectivity index (χ2n) is 7.53. The zero-order valence-electron chi connectivity index (χ0n) is 17.8. The lowest BCUT2D eigenvalue weighted by atomic mass is 10.1. The molecule has 3 N–H and O–H groups in total. The second kappa shape index (κ2) is 9.29. The molecule has 0 saturated carbocycles. The van der Waals surface area contributed by atoms with E-state index in [4.69, 9.17) is 0 Å². The highest BCUT2D eigenvalue weighted by atomic mass is 19.4. The van der Waals surface area contributed by atoms with Crippen LogP contribution in [0.3, 0.4) is 0 Å². The summed E-state index contributed by atoms with van der Waals surface area (Å²) in [6.45, 7) is -0.570. The predicted molar refractivity (Wildman–Crippen MR) is 123 cm³/mol. The number of hydrogen-bond acceptors (Lipinski definition) is 4. The average Bonchev–Trinajstić information content (AvgIpc) is 2.81. The Hall–Kier alpha value is -4.67. The van der Waals surface area contributed by atoms with E-state index < -0.39 is 41.3 Å². The number of halogens is 3. The Morgan fingerprint density at radius 3 is 2.29 bits per heavy atom. The monoisotopic (exact) mass is 482 g/mol. The third-order valence-electron chi connectivity index (χ3n) is 5.05. The molecule has 0 bridgehead atoms. The van der Waals surface area contributed by atoms with Gasteiger partial charge in [0.05, 0.1) is 16.5 Å². The first-order chi connectivity index (χ1) is 16.6. The van der Waals surface area contributed by atoms with Crippen LogP contribution in [0.15, 0.2) is 82.4 Å². The van der Waals surface area contributed by atoms with E-state index in [1.54, 1.807) is 18.2 Å². The zero-order valence-corrected chi connectivity index (χ0v) is 17.8. The molecule has 1 heterocycles. The van der Waals surface area contributed by atoms with Crippen LogP contribution in [0, 0.1) is 0 Å². The van der Waals surface area contributed by atoms with E-state index in [1.807, 2.05) is 0 Å². The Morgan fingerprint density at radius 1 is 0.857 bits per heavy atom. The molecule has 8 nitrogen and oxygen atoms in total. The largest absolute Gasteiger partial charge is 0.416 e. The molecule has 178 valence electrons. The van der Waals surface area contributed by atoms with E-state index in [2.05, 4.69) is 15.6 Å². The Balaban J connectivity index is 1.49. The Bertz CT molecular complexity index is 1560. The summed E-state index contributed by atoms with van der Waals surface area (Å²) in [5, 5.41) is 5.13. The van der Waals surface area contributed by atoms with Crippen molar-refractivity contribution in [3.63, 3.8) is 0 Å². The van der Waals surface area contributed by atoms with Crippen LogP contribution >= 0.6 is 0 Å². The lowest BCUT2D eigenvalue weighted by molar-refractivity contribution is -0.137. The van der Waals surface area contributed by atoms with Crippen molar-refractivity contribution in [3.05, 3.63) is 105 Å². The molecule has 0 aliphatic carbocycles. The lowest BCUT2D eigenvalue weighted by Crippen LogP contribution is -2.38. The minimum absolute atomic E-state index is 0.0471. The first kappa shape index (κ1) is 23.5. The maximum absolute atomic E-state index is 12.9. The molecule has 0 unspecified atom stereocenters. The van der Waals surface area contributed by atoms with Crippen molar-refractivity contribution in [2.75, 3.05) is 10.6 Å². The fourth-order valence-corrected chi connectivity index (χ4v) is 3.40. The molecule has 1 aromatic heterocycles. The molecule has 0 aliphatic heterocycles. The number of nitrogens with one attached hydrogen (secondary N) is 3. The van der Waals surface area contributed by atoms with Crippen molar-refractivity contribution in [1.29, 1.82) is 0 Å². The number of para-hydroxylation sites is 1. The fourth-order valence-electron chi connectivity index (χ4n) is 3.40. The van der Waals surface area contributed by atoms with E-state index in [9.17, 15) is 32.3 Å². The summed E-state index contributed by atoms with van der Waals surface area (Å²) >= 11 is 0. The topological polar surface area (TPSA) is 113 Å². The molecule has 0 fully saturated rings. The molecule has 35 heavy (non-hydrogen) atoms. The van der Waals surface area contributed by atoms with E-state index >= 15 is 0 Å². The van der Waals surface area contributed by atoms with Crippen molar-refractivity contribution in [2.45, 2.75) is 12.7 Å². The first-order valence-electron chi connectivity index (χ1n) is 10.2. The van der Waals surface area contributed by atoms with Crippen molar-refractivity contribution in [3.8, 4) is 0 Å². The summed E-state index contributed by atoms with van der Waals surface area (Å²) < 4.78 is 39.4. The minimum Gasteiger partial charge on any atom is -0.325 e. The fraction of sp³-hybridized carbons (Fsp3) is 0.0833. The lowest BCUT2D eigenvalue weighted by Gasteiger charge is -2.11. The van der Waals surface area contributed by atoms with E-state index in [0.29, 0.717) is 5.52 Å². The summed E-state index contributed by atoms with van der Waals surface area (Å²) in [7, 11) is 0. The van der Waals surface area contributed by atoms with Crippen molar-refractivity contribution in [1.82, 2.24) is 9.55 Å². The molecule has 0 radical (unpaired) electrons. The standard InChI is InChI=1S/C24H17F3N4O4/c25-24(26,27)15-6-4-8-17(12-15)29-21(33)14-5-3-7-16(11-14)28-20(32)13-31-22(34)18-9-1-2-10-19(18)30-23(31)35/h1-12H,13H2,(H,28,32)(H,29,33)(H,30,35). The summed E-state index contributed by atoms with van der Waals surface area (Å²) in [6.07, 6.45) is -4.56. The summed E-state index contributed by atoms with van der Waals surface area (Å²) in [5.74, 6) is -1.38. The number of hydrogen-bond donors (Lipinski definition) is 3. The van der Waals surface area contributed by atoms with Crippen molar-refractivity contribution < 1.29 is 22.8 Å². The van der Waals surface area contributed by atoms with Gasteiger partial charge in [0.15, 0.2) is 0 Å². The maximum atomic E-state index is 12.9. The van der Waals surface area contributed by atoms with Gasteiger partial charge in [0.25, 0.3) is 11.5 Å². The molecule has 11 heteroatoms. The normalized spacial score (nSPS) is 11.3. The minimum atomic E-state index is -4.56. The SMILES string of the molecule is O=C(Cn1c(=O)[nH]c2ccccc2c1=O)Nc1cccc(C(=O)Nc2cccc(C(F)(F)F)c2)c1. The van der Waals surface area contributed by atoms with Crippen LogP contribution in [-0.2, 0) is 17.5 Å². The molecule has 3 aromatic carbocycles. The number of H-pyrrole nitrogens is 1. The number of nitrogens with zero attached hydrogens (tertiary/aromatic N) is 1. The van der Waals surface area contributed by atoms with Crippen LogP contribution < -0.4 is 21.9 Å². The van der Waals surface area contributed by atoms with Crippen molar-refractivity contribution >= 4 is 34.1 Å². The molecular weight excluding hydrogens is 465 g/mol. The Kier molecular flexibility index (Phi) is 6.24. The average molecular weight is 482 g/mol. The van der Waals surface area contributed by atoms with Crippen LogP contribution in [0.1, 0.15) is 15.9 Å². The summed E-state index contributed by atoms with van der Waals surface area (Å²) in [6, 6.07) is 16.2. The van der Waals surface area contributed by atoms with Gasteiger partial charge in [-0.2, -0.15) is 13.2 Å². The number of anilines is 2. The van der Waals surface area contributed by atoms with Crippen LogP contribution in [0.4, 0.5) is 24.5 Å². The van der Waals surface area contributed by atoms with Crippen LogP contribution in [-0.4, -0.2) is 21.4 Å². The molecule has 4 rings (SSSR count). The number of alkyl halides is 3. The molecular formula is C24H17F3N4O4. The van der Waals surface area contributed by atoms with Crippen LogP contribution in [0.25, 0.3) is 10.9 Å². The first-order valence-corrected chi connectivity index (χ1v) is 10.2. The number of benzene rings is 3. The number of fused-ring (bicyclic) bond motifs is 1.